The third-order valence-electron chi connectivity index (χ3n) is 14.4. The lowest BCUT2D eigenvalue weighted by Crippen LogP contribution is -2.28. The van der Waals surface area contributed by atoms with E-state index in [4.69, 9.17) is 4.42 Å². The van der Waals surface area contributed by atoms with E-state index in [1.165, 1.54) is 60.7 Å². The summed E-state index contributed by atoms with van der Waals surface area (Å²) in [6.07, 6.45) is 0. The van der Waals surface area contributed by atoms with Crippen LogP contribution in [0, 0.1) is 0 Å². The van der Waals surface area contributed by atoms with Crippen molar-refractivity contribution in [2.75, 3.05) is 4.90 Å². The zero-order valence-corrected chi connectivity index (χ0v) is 37.1. The number of aromatic nitrogens is 1. The molecule has 14 rings (SSSR count). The van der Waals surface area contributed by atoms with E-state index in [1.54, 1.807) is 0 Å². The number of rotatable bonds is 7. The number of nitrogens with zero attached hydrogens (tertiary/aromatic N) is 2. The average Bonchev–Trinajstić information content (AvgIpc) is 4.05. The smallest absolute Gasteiger partial charge is 0.138 e. The molecule has 318 valence electrons. The highest BCUT2D eigenvalue weighted by Gasteiger charge is 2.45. The van der Waals surface area contributed by atoms with Crippen molar-refractivity contribution < 1.29 is 4.42 Å². The molecule has 0 atom stereocenters. The van der Waals surface area contributed by atoms with Crippen molar-refractivity contribution in [2.45, 2.75) is 5.41 Å². The number of fused-ring (bicyclic) bond motifs is 10. The molecule has 0 aliphatic heterocycles. The fraction of sp³-hybridized carbons (Fsp3) is 0.0154. The molecule has 0 N–H and O–H groups in total. The highest BCUT2D eigenvalue weighted by atomic mass is 16.3. The lowest BCUT2D eigenvalue weighted by molar-refractivity contribution is 0.669. The molecule has 3 heteroatoms. The van der Waals surface area contributed by atoms with Gasteiger partial charge in [-0.25, -0.2) is 0 Å². The first-order chi connectivity index (χ1) is 33.8. The summed E-state index contributed by atoms with van der Waals surface area (Å²) in [6.45, 7) is 0. The van der Waals surface area contributed by atoms with Crippen LogP contribution in [0.25, 0.3) is 82.5 Å². The molecule has 0 saturated carbocycles. The van der Waals surface area contributed by atoms with Gasteiger partial charge >= 0.3 is 0 Å². The van der Waals surface area contributed by atoms with Gasteiger partial charge in [-0.15, -0.1) is 0 Å². The molecule has 1 aliphatic rings. The lowest BCUT2D eigenvalue weighted by Gasteiger charge is -2.34. The van der Waals surface area contributed by atoms with Crippen LogP contribution >= 0.6 is 0 Å². The minimum atomic E-state index is -0.483. The van der Waals surface area contributed by atoms with Crippen LogP contribution in [0.4, 0.5) is 17.1 Å². The topological polar surface area (TPSA) is 21.3 Å². The van der Waals surface area contributed by atoms with Crippen molar-refractivity contribution >= 4 is 71.6 Å². The molecular weight excluding hydrogens is 825 g/mol. The molecule has 0 saturated heterocycles. The Bertz CT molecular complexity index is 4020. The molecule has 0 radical (unpaired) electrons. The van der Waals surface area contributed by atoms with E-state index in [9.17, 15) is 0 Å². The summed E-state index contributed by atoms with van der Waals surface area (Å²) in [4.78, 5) is 2.41. The van der Waals surface area contributed by atoms with Crippen molar-refractivity contribution in [1.29, 1.82) is 0 Å². The van der Waals surface area contributed by atoms with Crippen LogP contribution in [-0.2, 0) is 5.41 Å². The minimum Gasteiger partial charge on any atom is -0.456 e. The lowest BCUT2D eigenvalue weighted by atomic mass is 9.68. The van der Waals surface area contributed by atoms with Crippen molar-refractivity contribution in [3.63, 3.8) is 0 Å². The highest BCUT2D eigenvalue weighted by Crippen LogP contribution is 2.56. The van der Waals surface area contributed by atoms with Crippen molar-refractivity contribution in [1.82, 2.24) is 4.57 Å². The number of hydrogen-bond acceptors (Lipinski definition) is 2. The maximum atomic E-state index is 6.80. The van der Waals surface area contributed by atoms with E-state index in [0.29, 0.717) is 0 Å². The van der Waals surface area contributed by atoms with E-state index in [2.05, 4.69) is 264 Å². The van der Waals surface area contributed by atoms with E-state index in [-0.39, 0.29) is 0 Å². The fourth-order valence-corrected chi connectivity index (χ4v) is 11.7. The van der Waals surface area contributed by atoms with Crippen LogP contribution in [-0.4, -0.2) is 4.57 Å². The number of benzene rings is 11. The van der Waals surface area contributed by atoms with Gasteiger partial charge in [0.15, 0.2) is 0 Å². The predicted molar refractivity (Wildman–Crippen MR) is 283 cm³/mol. The summed E-state index contributed by atoms with van der Waals surface area (Å²) in [5.41, 5.74) is 17.8. The van der Waals surface area contributed by atoms with Crippen molar-refractivity contribution in [3.05, 3.63) is 277 Å². The van der Waals surface area contributed by atoms with Gasteiger partial charge in [-0.3, -0.25) is 0 Å². The van der Waals surface area contributed by atoms with Crippen LogP contribution in [0.1, 0.15) is 22.3 Å². The van der Waals surface area contributed by atoms with Gasteiger partial charge in [0.1, 0.15) is 11.2 Å². The standard InChI is InChI=1S/C65H42N2O/c1-4-21-44(22-5-1)65(56-32-15-12-28-51(56)52-29-13-16-33-57(52)65)45-35-37-48(38-36-45)66(46-23-6-2-7-24-46)49-39-40-58-55(41-49)62-59(67(58)47-25-8-3-9-26-47)42-61-63(54-30-14-17-34-60(54)68-61)64(62)53-31-18-20-43-19-10-11-27-50(43)53/h1-42H. The molecule has 1 aliphatic carbocycles. The summed E-state index contributed by atoms with van der Waals surface area (Å²) in [5.74, 6) is 0. The SMILES string of the molecule is c1ccc(N(c2ccc(C3(c4ccccc4)c4ccccc4-c4ccccc43)cc2)c2ccc3c(c2)c2c(-c4cccc5ccccc45)c4c(cc2n3-c2ccccc2)oc2ccccc24)cc1. The zero-order valence-electron chi connectivity index (χ0n) is 37.1. The van der Waals surface area contributed by atoms with Crippen molar-refractivity contribution in [2.24, 2.45) is 0 Å². The largest absolute Gasteiger partial charge is 0.456 e. The maximum Gasteiger partial charge on any atom is 0.138 e. The first-order valence-electron chi connectivity index (χ1n) is 23.4. The minimum absolute atomic E-state index is 0.483. The molecule has 11 aromatic carbocycles. The number of furan rings is 1. The quantitative estimate of drug-likeness (QED) is 0.159. The third kappa shape index (κ3) is 5.54. The normalized spacial score (nSPS) is 12.8. The molecule has 3 nitrogen and oxygen atoms in total. The number of anilines is 3. The Morgan fingerprint density at radius 2 is 0.912 bits per heavy atom. The van der Waals surface area contributed by atoms with Crippen LogP contribution in [0.5, 0.6) is 0 Å². The highest BCUT2D eigenvalue weighted by molar-refractivity contribution is 6.29. The average molecular weight is 867 g/mol. The summed E-state index contributed by atoms with van der Waals surface area (Å²) in [7, 11) is 0. The van der Waals surface area contributed by atoms with Gasteiger partial charge in [0, 0.05) is 55.9 Å². The molecule has 0 bridgehead atoms. The van der Waals surface area contributed by atoms with Gasteiger partial charge < -0.3 is 13.9 Å². The van der Waals surface area contributed by atoms with E-state index in [0.717, 1.165) is 61.1 Å². The van der Waals surface area contributed by atoms with Gasteiger partial charge in [-0.05, 0) is 110 Å². The molecule has 13 aromatic rings. The summed E-state index contributed by atoms with van der Waals surface area (Å²) >= 11 is 0. The first-order valence-corrected chi connectivity index (χ1v) is 23.4. The Morgan fingerprint density at radius 3 is 1.66 bits per heavy atom. The zero-order chi connectivity index (χ0) is 44.8. The van der Waals surface area contributed by atoms with Crippen molar-refractivity contribution in [3.8, 4) is 27.9 Å². The van der Waals surface area contributed by atoms with Crippen LogP contribution in [0.2, 0.25) is 0 Å². The van der Waals surface area contributed by atoms with E-state index in [1.807, 2.05) is 0 Å². The molecule has 0 amide bonds. The van der Waals surface area contributed by atoms with Crippen LogP contribution in [0.15, 0.2) is 259 Å². The molecule has 0 spiro atoms. The second-order valence-corrected chi connectivity index (χ2v) is 17.9. The van der Waals surface area contributed by atoms with Gasteiger partial charge in [0.2, 0.25) is 0 Å². The molecule has 0 fully saturated rings. The Labute approximate surface area is 394 Å². The number of hydrogen-bond donors (Lipinski definition) is 0. The maximum absolute atomic E-state index is 6.80. The van der Waals surface area contributed by atoms with Gasteiger partial charge in [0.25, 0.3) is 0 Å². The van der Waals surface area contributed by atoms with Gasteiger partial charge in [-0.2, -0.15) is 0 Å². The summed E-state index contributed by atoms with van der Waals surface area (Å²) < 4.78 is 9.21. The van der Waals surface area contributed by atoms with E-state index < -0.39 is 5.41 Å². The molecule has 68 heavy (non-hydrogen) atoms. The third-order valence-corrected chi connectivity index (χ3v) is 14.4. The summed E-state index contributed by atoms with van der Waals surface area (Å²) in [5, 5.41) is 6.99. The Morgan fingerprint density at radius 1 is 0.353 bits per heavy atom. The number of para-hydroxylation sites is 3. The van der Waals surface area contributed by atoms with E-state index >= 15 is 0 Å². The fourth-order valence-electron chi connectivity index (χ4n) is 11.7. The first kappa shape index (κ1) is 38.4. The Kier molecular flexibility index (Phi) is 8.50. The molecule has 2 heterocycles. The van der Waals surface area contributed by atoms with Crippen LogP contribution < -0.4 is 4.90 Å². The van der Waals surface area contributed by atoms with Gasteiger partial charge in [0.05, 0.1) is 16.4 Å². The Balaban J connectivity index is 1.04. The molecule has 0 unspecified atom stereocenters. The van der Waals surface area contributed by atoms with Gasteiger partial charge in [-0.1, -0.05) is 188 Å². The molecule has 2 aromatic heterocycles. The monoisotopic (exact) mass is 866 g/mol. The second-order valence-electron chi connectivity index (χ2n) is 17.9. The summed E-state index contributed by atoms with van der Waals surface area (Å²) in [6, 6.07) is 93.0. The van der Waals surface area contributed by atoms with Crippen LogP contribution in [0.3, 0.4) is 0 Å². The molecular formula is C65H42N2O. The Hall–Kier alpha value is -8.92. The second kappa shape index (κ2) is 15.1. The predicted octanol–water partition coefficient (Wildman–Crippen LogP) is 17.3.